The Hall–Kier alpha value is -1.08. The van der Waals surface area contributed by atoms with E-state index < -0.39 is 5.97 Å². The largest absolute Gasteiger partial charge is 0.461 e. The van der Waals surface area contributed by atoms with Crippen LogP contribution in [-0.4, -0.2) is 41.4 Å². The number of ether oxygens (including phenoxy) is 1. The van der Waals surface area contributed by atoms with E-state index in [0.29, 0.717) is 15.9 Å². The standard InChI is InChI=1S/C13H18N2O3S2/c1-3-18-12(17)10-11(8(2)16)20-13(15-10)14-6-9-4-5-19-7-9/h9H,3-7H2,1-2H3,(H,14,15). The van der Waals surface area contributed by atoms with Crippen LogP contribution >= 0.6 is 23.1 Å². The highest BCUT2D eigenvalue weighted by atomic mass is 32.2. The first-order chi connectivity index (χ1) is 9.61. The molecule has 1 aromatic rings. The van der Waals surface area contributed by atoms with Gasteiger partial charge in [0.2, 0.25) is 0 Å². The Bertz CT molecular complexity index is 496. The van der Waals surface area contributed by atoms with Crippen molar-refractivity contribution in [2.75, 3.05) is 30.0 Å². The van der Waals surface area contributed by atoms with Gasteiger partial charge in [0.05, 0.1) is 6.61 Å². The molecule has 2 heterocycles. The first kappa shape index (κ1) is 15.3. The smallest absolute Gasteiger partial charge is 0.358 e. The molecule has 0 radical (unpaired) electrons. The van der Waals surface area contributed by atoms with Gasteiger partial charge in [0, 0.05) is 13.5 Å². The maximum Gasteiger partial charge on any atom is 0.358 e. The Morgan fingerprint density at radius 2 is 2.30 bits per heavy atom. The average molecular weight is 314 g/mol. The van der Waals surface area contributed by atoms with Gasteiger partial charge in [0.15, 0.2) is 16.6 Å². The van der Waals surface area contributed by atoms with Gasteiger partial charge >= 0.3 is 5.97 Å². The topological polar surface area (TPSA) is 68.3 Å². The second-order valence-corrected chi connectivity index (χ2v) is 6.73. The molecular weight excluding hydrogens is 296 g/mol. The summed E-state index contributed by atoms with van der Waals surface area (Å²) >= 11 is 3.18. The minimum Gasteiger partial charge on any atom is -0.461 e. The number of nitrogens with one attached hydrogen (secondary N) is 1. The molecule has 2 rings (SSSR count). The number of anilines is 1. The Morgan fingerprint density at radius 3 is 2.90 bits per heavy atom. The number of thiazole rings is 1. The first-order valence-corrected chi connectivity index (χ1v) is 8.59. The number of Topliss-reactive ketones (excluding diaryl/α,β-unsaturated/α-hetero) is 1. The lowest BCUT2D eigenvalue weighted by molar-refractivity contribution is 0.0517. The molecule has 1 N–H and O–H groups in total. The first-order valence-electron chi connectivity index (χ1n) is 6.62. The number of aromatic nitrogens is 1. The number of nitrogens with zero attached hydrogens (tertiary/aromatic N) is 1. The Morgan fingerprint density at radius 1 is 1.50 bits per heavy atom. The maximum atomic E-state index is 11.8. The van der Waals surface area contributed by atoms with E-state index in [4.69, 9.17) is 4.74 Å². The molecule has 1 fully saturated rings. The predicted octanol–water partition coefficient (Wildman–Crippen LogP) is 2.69. The Kier molecular flexibility index (Phi) is 5.42. The number of hydrogen-bond donors (Lipinski definition) is 1. The Labute approximate surface area is 126 Å². The van der Waals surface area contributed by atoms with Gasteiger partial charge in [-0.2, -0.15) is 11.8 Å². The van der Waals surface area contributed by atoms with Crippen LogP contribution in [0.2, 0.25) is 0 Å². The minimum atomic E-state index is -0.529. The summed E-state index contributed by atoms with van der Waals surface area (Å²) in [5.74, 6) is 2.31. The Balaban J connectivity index is 2.07. The van der Waals surface area contributed by atoms with Crippen LogP contribution in [0.5, 0.6) is 0 Å². The van der Waals surface area contributed by atoms with Gasteiger partial charge in [0.25, 0.3) is 0 Å². The molecule has 1 aliphatic rings. The maximum absolute atomic E-state index is 11.8. The zero-order valence-electron chi connectivity index (χ0n) is 11.6. The molecule has 1 unspecified atom stereocenters. The van der Waals surface area contributed by atoms with Crippen LogP contribution in [0, 0.1) is 5.92 Å². The number of thioether (sulfide) groups is 1. The van der Waals surface area contributed by atoms with E-state index in [2.05, 4.69) is 10.3 Å². The molecule has 0 aliphatic carbocycles. The molecule has 5 nitrogen and oxygen atoms in total. The average Bonchev–Trinajstić information content (AvgIpc) is 3.06. The second kappa shape index (κ2) is 7.08. The van der Waals surface area contributed by atoms with Crippen LogP contribution in [0.3, 0.4) is 0 Å². The van der Waals surface area contributed by atoms with E-state index in [1.165, 1.54) is 30.4 Å². The number of rotatable bonds is 6. The SMILES string of the molecule is CCOC(=O)c1nc(NCC2CCSC2)sc1C(C)=O. The molecule has 20 heavy (non-hydrogen) atoms. The molecule has 0 aromatic carbocycles. The summed E-state index contributed by atoms with van der Waals surface area (Å²) in [7, 11) is 0. The third-order valence-electron chi connectivity index (χ3n) is 2.98. The van der Waals surface area contributed by atoms with E-state index in [1.807, 2.05) is 11.8 Å². The van der Waals surface area contributed by atoms with Gasteiger partial charge in [-0.3, -0.25) is 4.79 Å². The molecule has 1 aromatic heterocycles. The van der Waals surface area contributed by atoms with E-state index in [0.717, 1.165) is 12.3 Å². The third-order valence-corrected chi connectivity index (χ3v) is 5.33. The van der Waals surface area contributed by atoms with Crippen LogP contribution < -0.4 is 5.32 Å². The fraction of sp³-hybridized carbons (Fsp3) is 0.615. The highest BCUT2D eigenvalue weighted by Gasteiger charge is 2.23. The van der Waals surface area contributed by atoms with Crippen molar-refractivity contribution in [1.29, 1.82) is 0 Å². The monoisotopic (exact) mass is 314 g/mol. The van der Waals surface area contributed by atoms with Gasteiger partial charge in [0.1, 0.15) is 4.88 Å². The molecule has 1 aliphatic heterocycles. The summed E-state index contributed by atoms with van der Waals surface area (Å²) < 4.78 is 4.93. The fourth-order valence-electron chi connectivity index (χ4n) is 1.95. The van der Waals surface area contributed by atoms with Crippen molar-refractivity contribution < 1.29 is 14.3 Å². The molecule has 0 bridgehead atoms. The second-order valence-electron chi connectivity index (χ2n) is 4.58. The molecule has 0 saturated carbocycles. The summed E-state index contributed by atoms with van der Waals surface area (Å²) in [6.07, 6.45) is 1.20. The van der Waals surface area contributed by atoms with Crippen LogP contribution in [-0.2, 0) is 4.74 Å². The normalized spacial score (nSPS) is 18.0. The van der Waals surface area contributed by atoms with Gasteiger partial charge in [-0.05, 0) is 30.8 Å². The van der Waals surface area contributed by atoms with E-state index in [9.17, 15) is 9.59 Å². The van der Waals surface area contributed by atoms with Gasteiger partial charge in [-0.1, -0.05) is 11.3 Å². The fourth-order valence-corrected chi connectivity index (χ4v) is 4.09. The van der Waals surface area contributed by atoms with Crippen molar-refractivity contribution in [3.8, 4) is 0 Å². The highest BCUT2D eigenvalue weighted by molar-refractivity contribution is 7.99. The molecule has 0 spiro atoms. The van der Waals surface area contributed by atoms with Gasteiger partial charge in [-0.15, -0.1) is 0 Å². The molecule has 0 amide bonds. The summed E-state index contributed by atoms with van der Waals surface area (Å²) in [5, 5.41) is 3.85. The number of carbonyl (C=O) groups excluding carboxylic acids is 2. The van der Waals surface area contributed by atoms with Gasteiger partial charge < -0.3 is 10.1 Å². The summed E-state index contributed by atoms with van der Waals surface area (Å²) in [6.45, 7) is 4.28. The summed E-state index contributed by atoms with van der Waals surface area (Å²) in [4.78, 5) is 27.9. The molecule has 1 saturated heterocycles. The third kappa shape index (κ3) is 3.73. The highest BCUT2D eigenvalue weighted by Crippen LogP contribution is 2.27. The van der Waals surface area contributed by atoms with Crippen LogP contribution in [0.1, 0.15) is 40.4 Å². The zero-order chi connectivity index (χ0) is 14.5. The van der Waals surface area contributed by atoms with Crippen molar-refractivity contribution in [3.05, 3.63) is 10.6 Å². The molecule has 7 heteroatoms. The van der Waals surface area contributed by atoms with E-state index in [-0.39, 0.29) is 18.1 Å². The van der Waals surface area contributed by atoms with Crippen molar-refractivity contribution in [1.82, 2.24) is 4.98 Å². The summed E-state index contributed by atoms with van der Waals surface area (Å²) in [5.41, 5.74) is 0.132. The molecule has 110 valence electrons. The van der Waals surface area contributed by atoms with Crippen molar-refractivity contribution in [3.63, 3.8) is 0 Å². The number of esters is 1. The van der Waals surface area contributed by atoms with Crippen molar-refractivity contribution >= 4 is 40.0 Å². The predicted molar refractivity (Wildman–Crippen MR) is 82.0 cm³/mol. The number of carbonyl (C=O) groups is 2. The molecule has 1 atom stereocenters. The van der Waals surface area contributed by atoms with Crippen molar-refractivity contribution in [2.45, 2.75) is 20.3 Å². The van der Waals surface area contributed by atoms with Crippen LogP contribution in [0.25, 0.3) is 0 Å². The molecular formula is C13H18N2O3S2. The quantitative estimate of drug-likeness (QED) is 0.643. The van der Waals surface area contributed by atoms with Crippen LogP contribution in [0.4, 0.5) is 5.13 Å². The zero-order valence-corrected chi connectivity index (χ0v) is 13.2. The number of ketones is 1. The lowest BCUT2D eigenvalue weighted by Gasteiger charge is -2.07. The lowest BCUT2D eigenvalue weighted by atomic mass is 10.1. The van der Waals surface area contributed by atoms with E-state index >= 15 is 0 Å². The minimum absolute atomic E-state index is 0.132. The van der Waals surface area contributed by atoms with Crippen molar-refractivity contribution in [2.24, 2.45) is 5.92 Å². The van der Waals surface area contributed by atoms with E-state index in [1.54, 1.807) is 6.92 Å². The van der Waals surface area contributed by atoms with Gasteiger partial charge in [-0.25, -0.2) is 9.78 Å². The van der Waals surface area contributed by atoms with Crippen LogP contribution in [0.15, 0.2) is 0 Å². The number of hydrogen-bond acceptors (Lipinski definition) is 7. The summed E-state index contributed by atoms with van der Waals surface area (Å²) in [6, 6.07) is 0. The lowest BCUT2D eigenvalue weighted by Crippen LogP contribution is -2.13.